The fourth-order valence-electron chi connectivity index (χ4n) is 4.65. The Bertz CT molecular complexity index is 563. The van der Waals surface area contributed by atoms with Crippen molar-refractivity contribution in [3.8, 4) is 0 Å². The van der Waals surface area contributed by atoms with Crippen molar-refractivity contribution in [2.75, 3.05) is 26.2 Å². The molecule has 0 aliphatic carbocycles. The van der Waals surface area contributed by atoms with Gasteiger partial charge in [-0.15, -0.1) is 0 Å². The zero-order chi connectivity index (χ0) is 26.0. The first kappa shape index (κ1) is 32.1. The highest BCUT2D eigenvalue weighted by molar-refractivity contribution is 5.70. The highest BCUT2D eigenvalue weighted by atomic mass is 16.4. The molecule has 0 bridgehead atoms. The average Bonchev–Trinajstić information content (AvgIpc) is 2.76. The Labute approximate surface area is 206 Å². The predicted octanol–water partition coefficient (Wildman–Crippen LogP) is 4.50. The topological polar surface area (TPSA) is 115 Å². The van der Waals surface area contributed by atoms with Gasteiger partial charge in [-0.3, -0.25) is 9.59 Å². The van der Waals surface area contributed by atoms with Gasteiger partial charge in [0.1, 0.15) is 11.8 Å². The first-order valence-electron chi connectivity index (χ1n) is 13.2. The van der Waals surface area contributed by atoms with Crippen LogP contribution in [0.4, 0.5) is 0 Å². The Kier molecular flexibility index (Phi) is 17.4. The van der Waals surface area contributed by atoms with E-state index >= 15 is 0 Å². The molecule has 2 N–H and O–H groups in total. The van der Waals surface area contributed by atoms with Gasteiger partial charge in [0.25, 0.3) is 0 Å². The summed E-state index contributed by atoms with van der Waals surface area (Å²) >= 11 is 0. The number of quaternary nitrogens is 1. The fourth-order valence-corrected chi connectivity index (χ4v) is 4.65. The Balaban J connectivity index is 4.84. The van der Waals surface area contributed by atoms with Crippen LogP contribution >= 0.6 is 0 Å². The summed E-state index contributed by atoms with van der Waals surface area (Å²) < 4.78 is 0.155. The number of hydrogen-bond acceptors (Lipinski definition) is 4. The number of allylic oxidation sites excluding steroid dienone is 2. The molecule has 0 aromatic rings. The molecule has 0 rings (SSSR count). The first-order chi connectivity index (χ1) is 16.0. The van der Waals surface area contributed by atoms with E-state index in [2.05, 4.69) is 19.1 Å². The number of carbonyl (C=O) groups is 3. The van der Waals surface area contributed by atoms with Gasteiger partial charge in [-0.05, 0) is 33.1 Å². The minimum absolute atomic E-state index is 0.155. The zero-order valence-electron chi connectivity index (χ0n) is 22.0. The summed E-state index contributed by atoms with van der Waals surface area (Å²) in [7, 11) is 0. The van der Waals surface area contributed by atoms with Crippen LogP contribution < -0.4 is 5.11 Å². The van der Waals surface area contributed by atoms with E-state index in [-0.39, 0.29) is 24.1 Å². The summed E-state index contributed by atoms with van der Waals surface area (Å²) in [5, 5.41) is 30.3. The van der Waals surface area contributed by atoms with Crippen molar-refractivity contribution in [2.45, 2.75) is 98.3 Å². The molecule has 3 unspecified atom stereocenters. The van der Waals surface area contributed by atoms with E-state index < -0.39 is 35.7 Å². The molecule has 198 valence electrons. The second-order valence-corrected chi connectivity index (χ2v) is 10.2. The van der Waals surface area contributed by atoms with Gasteiger partial charge in [0, 0.05) is 18.3 Å². The largest absolute Gasteiger partial charge is 0.550 e. The molecule has 0 saturated carbocycles. The highest BCUT2D eigenvalue weighted by Crippen LogP contribution is 2.21. The second-order valence-electron chi connectivity index (χ2n) is 10.2. The summed E-state index contributed by atoms with van der Waals surface area (Å²) in [6.45, 7) is 8.06. The summed E-state index contributed by atoms with van der Waals surface area (Å²) in [4.78, 5) is 34.5. The number of hydrogen-bond donors (Lipinski definition) is 2. The summed E-state index contributed by atoms with van der Waals surface area (Å²) in [5.41, 5.74) is 0. The maximum absolute atomic E-state index is 11.5. The van der Waals surface area contributed by atoms with Crippen LogP contribution in [0.3, 0.4) is 0 Å². The van der Waals surface area contributed by atoms with E-state index in [4.69, 9.17) is 0 Å². The minimum atomic E-state index is -1.20. The van der Waals surface area contributed by atoms with Crippen molar-refractivity contribution in [1.82, 2.24) is 0 Å². The predicted molar refractivity (Wildman–Crippen MR) is 133 cm³/mol. The second kappa shape index (κ2) is 18.4. The number of aliphatic carboxylic acids is 3. The molecule has 7 heteroatoms. The number of carboxylic acids is 3. The van der Waals surface area contributed by atoms with Crippen LogP contribution in [0.5, 0.6) is 0 Å². The van der Waals surface area contributed by atoms with Crippen LogP contribution in [0.1, 0.15) is 98.3 Å². The Morgan fingerprint density at radius 3 is 1.56 bits per heavy atom. The van der Waals surface area contributed by atoms with Crippen molar-refractivity contribution >= 4 is 17.9 Å². The van der Waals surface area contributed by atoms with Crippen LogP contribution in [0.2, 0.25) is 0 Å². The molecule has 3 atom stereocenters. The molecule has 0 saturated heterocycles. The lowest BCUT2D eigenvalue weighted by molar-refractivity contribution is -0.934. The zero-order valence-corrected chi connectivity index (χ0v) is 22.0. The Morgan fingerprint density at radius 2 is 1.12 bits per heavy atom. The van der Waals surface area contributed by atoms with Gasteiger partial charge in [0.2, 0.25) is 0 Å². The number of carbonyl (C=O) groups excluding carboxylic acids is 1. The number of carboxylic acid groups (broad SMARTS) is 3. The average molecular weight is 484 g/mol. The maximum atomic E-state index is 11.5. The molecule has 0 fully saturated rings. The Hall–Kier alpha value is -1.89. The molecule has 0 aromatic heterocycles. The van der Waals surface area contributed by atoms with Crippen molar-refractivity contribution < 1.29 is 34.2 Å². The molecular formula is C27H49NO6. The molecule has 0 aromatic carbocycles. The van der Waals surface area contributed by atoms with Gasteiger partial charge in [-0.25, -0.2) is 0 Å². The SMILES string of the molecule is CCCCCCCCCC/C=C/CCC[N+](CC(C)C(=O)[O-])(CC(C)C(=O)O)CC(C)C(=O)O. The third kappa shape index (κ3) is 15.1. The lowest BCUT2D eigenvalue weighted by Crippen LogP contribution is -2.58. The number of nitrogens with zero attached hydrogens (tertiary/aromatic N) is 1. The van der Waals surface area contributed by atoms with E-state index in [1.54, 1.807) is 20.8 Å². The van der Waals surface area contributed by atoms with E-state index in [1.807, 2.05) is 0 Å². The standard InChI is InChI=1S/C27H49NO6/c1-5-6-7-8-9-10-11-12-13-14-15-16-17-18-28(19-22(2)25(29)30,20-23(3)26(31)32)21-24(4)27(33)34/h14-15,22-24H,5-13,16-21H2,1-4H3,(H2-,29,30,31,32,33,34)/b15-14+. The molecule has 0 aliphatic heterocycles. The van der Waals surface area contributed by atoms with Gasteiger partial charge >= 0.3 is 11.9 Å². The highest BCUT2D eigenvalue weighted by Gasteiger charge is 2.36. The molecule has 34 heavy (non-hydrogen) atoms. The lowest BCUT2D eigenvalue weighted by atomic mass is 10.0. The number of rotatable bonds is 22. The van der Waals surface area contributed by atoms with Crippen molar-refractivity contribution in [3.63, 3.8) is 0 Å². The first-order valence-corrected chi connectivity index (χ1v) is 13.2. The maximum Gasteiger partial charge on any atom is 0.311 e. The Morgan fingerprint density at radius 1 is 0.706 bits per heavy atom. The van der Waals surface area contributed by atoms with Crippen molar-refractivity contribution in [3.05, 3.63) is 12.2 Å². The summed E-state index contributed by atoms with van der Waals surface area (Å²) in [6, 6.07) is 0. The monoisotopic (exact) mass is 483 g/mol. The number of unbranched alkanes of at least 4 members (excludes halogenated alkanes) is 9. The van der Waals surface area contributed by atoms with Crippen LogP contribution in [0.25, 0.3) is 0 Å². The normalized spacial score (nSPS) is 16.1. The summed E-state index contributed by atoms with van der Waals surface area (Å²) in [5.74, 6) is -5.31. The van der Waals surface area contributed by atoms with Gasteiger partial charge in [0.15, 0.2) is 0 Å². The van der Waals surface area contributed by atoms with E-state index in [0.29, 0.717) is 6.54 Å². The van der Waals surface area contributed by atoms with Crippen molar-refractivity contribution in [1.29, 1.82) is 0 Å². The smallest absolute Gasteiger partial charge is 0.311 e. The molecular weight excluding hydrogens is 434 g/mol. The van der Waals surface area contributed by atoms with Gasteiger partial charge in [-0.1, -0.05) is 70.9 Å². The quantitative estimate of drug-likeness (QED) is 0.133. The van der Waals surface area contributed by atoms with Gasteiger partial charge < -0.3 is 24.6 Å². The van der Waals surface area contributed by atoms with Crippen molar-refractivity contribution in [2.24, 2.45) is 17.8 Å². The summed E-state index contributed by atoms with van der Waals surface area (Å²) in [6.07, 6.45) is 17.2. The minimum Gasteiger partial charge on any atom is -0.550 e. The third-order valence-electron chi connectivity index (χ3n) is 6.62. The van der Waals surface area contributed by atoms with Gasteiger partial charge in [0.05, 0.1) is 26.2 Å². The van der Waals surface area contributed by atoms with Crippen LogP contribution in [-0.4, -0.2) is 58.8 Å². The van der Waals surface area contributed by atoms with E-state index in [9.17, 15) is 29.7 Å². The fraction of sp³-hybridized carbons (Fsp3) is 0.815. The van der Waals surface area contributed by atoms with Crippen LogP contribution in [-0.2, 0) is 14.4 Å². The molecule has 0 spiro atoms. The van der Waals surface area contributed by atoms with E-state index in [0.717, 1.165) is 19.3 Å². The van der Waals surface area contributed by atoms with Gasteiger partial charge in [-0.2, -0.15) is 0 Å². The molecule has 0 radical (unpaired) electrons. The van der Waals surface area contributed by atoms with Crippen LogP contribution in [0.15, 0.2) is 12.2 Å². The molecule has 0 heterocycles. The van der Waals surface area contributed by atoms with E-state index in [1.165, 1.54) is 51.4 Å². The molecule has 0 aliphatic rings. The molecule has 7 nitrogen and oxygen atoms in total. The third-order valence-corrected chi connectivity index (χ3v) is 6.62. The molecule has 0 amide bonds. The lowest BCUT2D eigenvalue weighted by Gasteiger charge is -2.43. The van der Waals surface area contributed by atoms with Crippen LogP contribution in [0, 0.1) is 17.8 Å².